The second-order valence-corrected chi connectivity index (χ2v) is 6.11. The third-order valence-corrected chi connectivity index (χ3v) is 4.42. The van der Waals surface area contributed by atoms with Gasteiger partial charge in [-0.1, -0.05) is 60.7 Å². The van der Waals surface area contributed by atoms with Crippen molar-refractivity contribution in [3.05, 3.63) is 71.8 Å². The first-order valence-corrected chi connectivity index (χ1v) is 7.82. The van der Waals surface area contributed by atoms with E-state index in [2.05, 4.69) is 72.6 Å². The van der Waals surface area contributed by atoms with Gasteiger partial charge in [0, 0.05) is 12.1 Å². The minimum Gasteiger partial charge on any atom is -0.326 e. The average Bonchev–Trinajstić information content (AvgIpc) is 3.34. The topological polar surface area (TPSA) is 29.3 Å². The molecule has 2 nitrogen and oxygen atoms in total. The van der Waals surface area contributed by atoms with Crippen molar-refractivity contribution in [2.75, 3.05) is 7.05 Å². The van der Waals surface area contributed by atoms with Crippen molar-refractivity contribution >= 4 is 0 Å². The van der Waals surface area contributed by atoms with Crippen LogP contribution in [0.3, 0.4) is 0 Å². The molecule has 2 N–H and O–H groups in total. The molecule has 0 radical (unpaired) electrons. The van der Waals surface area contributed by atoms with Crippen LogP contribution in [0.1, 0.15) is 30.0 Å². The molecule has 2 aromatic rings. The van der Waals surface area contributed by atoms with Crippen LogP contribution in [0, 0.1) is 0 Å². The zero-order chi connectivity index (χ0) is 14.7. The average molecular weight is 280 g/mol. The van der Waals surface area contributed by atoms with Crippen molar-refractivity contribution in [2.45, 2.75) is 37.4 Å². The van der Waals surface area contributed by atoms with Crippen LogP contribution < -0.4 is 5.73 Å². The van der Waals surface area contributed by atoms with Crippen molar-refractivity contribution in [2.24, 2.45) is 5.73 Å². The third-order valence-electron chi connectivity index (χ3n) is 4.42. The fourth-order valence-corrected chi connectivity index (χ4v) is 3.14. The number of rotatable bonds is 6. The van der Waals surface area contributed by atoms with Crippen LogP contribution >= 0.6 is 0 Å². The number of nitrogens with zero attached hydrogens (tertiary/aromatic N) is 1. The van der Waals surface area contributed by atoms with E-state index in [0.717, 1.165) is 6.42 Å². The predicted molar refractivity (Wildman–Crippen MR) is 88.1 cm³/mol. The summed E-state index contributed by atoms with van der Waals surface area (Å²) >= 11 is 0. The lowest BCUT2D eigenvalue weighted by atomic mass is 9.93. The number of hydrogen-bond acceptors (Lipinski definition) is 2. The highest BCUT2D eigenvalue weighted by molar-refractivity contribution is 5.24. The number of benzene rings is 2. The quantitative estimate of drug-likeness (QED) is 0.879. The number of likely N-dealkylation sites (N-methyl/N-ethyl adjacent to an activating group) is 1. The Balaban J connectivity index is 1.81. The van der Waals surface area contributed by atoms with E-state index in [9.17, 15) is 0 Å². The zero-order valence-electron chi connectivity index (χ0n) is 12.7. The van der Waals surface area contributed by atoms with Gasteiger partial charge in [0.1, 0.15) is 0 Å². The second kappa shape index (κ2) is 6.42. The Morgan fingerprint density at radius 1 is 1.00 bits per heavy atom. The molecular formula is C19H24N2. The SMILES string of the molecule is CN(C1CC1)C(c1ccccc1)C(N)Cc1ccccc1. The van der Waals surface area contributed by atoms with Crippen LogP contribution in [0.4, 0.5) is 0 Å². The predicted octanol–water partition coefficient (Wildman–Crippen LogP) is 3.39. The maximum atomic E-state index is 6.61. The summed E-state index contributed by atoms with van der Waals surface area (Å²) in [6, 6.07) is 22.4. The molecule has 0 bridgehead atoms. The van der Waals surface area contributed by atoms with E-state index in [-0.39, 0.29) is 6.04 Å². The highest BCUT2D eigenvalue weighted by atomic mass is 15.2. The van der Waals surface area contributed by atoms with Crippen molar-refractivity contribution in [1.82, 2.24) is 4.90 Å². The lowest BCUT2D eigenvalue weighted by Crippen LogP contribution is -2.41. The van der Waals surface area contributed by atoms with Gasteiger partial charge in [0.2, 0.25) is 0 Å². The first kappa shape index (κ1) is 14.3. The number of nitrogens with two attached hydrogens (primary N) is 1. The van der Waals surface area contributed by atoms with E-state index >= 15 is 0 Å². The molecule has 1 aliphatic carbocycles. The van der Waals surface area contributed by atoms with Gasteiger partial charge in [-0.25, -0.2) is 0 Å². The minimum atomic E-state index is 0.111. The molecule has 1 fully saturated rings. The van der Waals surface area contributed by atoms with Crippen LogP contribution in [0.5, 0.6) is 0 Å². The molecule has 2 atom stereocenters. The third kappa shape index (κ3) is 3.52. The Bertz CT molecular complexity index is 548. The molecule has 0 saturated heterocycles. The molecule has 2 heteroatoms. The fraction of sp³-hybridized carbons (Fsp3) is 0.368. The molecule has 110 valence electrons. The highest BCUT2D eigenvalue weighted by Crippen LogP contribution is 2.34. The zero-order valence-corrected chi connectivity index (χ0v) is 12.7. The molecule has 0 spiro atoms. The molecule has 0 aliphatic heterocycles. The Kier molecular flexibility index (Phi) is 4.37. The summed E-state index contributed by atoms with van der Waals surface area (Å²) < 4.78 is 0. The Morgan fingerprint density at radius 2 is 1.57 bits per heavy atom. The van der Waals surface area contributed by atoms with Gasteiger partial charge in [0.15, 0.2) is 0 Å². The molecule has 1 saturated carbocycles. The minimum absolute atomic E-state index is 0.111. The Hall–Kier alpha value is -1.64. The molecule has 21 heavy (non-hydrogen) atoms. The van der Waals surface area contributed by atoms with Gasteiger partial charge in [-0.2, -0.15) is 0 Å². The van der Waals surface area contributed by atoms with Crippen LogP contribution in [0.2, 0.25) is 0 Å². The summed E-state index contributed by atoms with van der Waals surface area (Å²) in [5.41, 5.74) is 9.25. The van der Waals surface area contributed by atoms with Gasteiger partial charge in [0.05, 0.1) is 6.04 Å². The molecular weight excluding hydrogens is 256 g/mol. The maximum Gasteiger partial charge on any atom is 0.0502 e. The molecule has 1 aliphatic rings. The van der Waals surface area contributed by atoms with Gasteiger partial charge in [-0.15, -0.1) is 0 Å². The summed E-state index contributed by atoms with van der Waals surface area (Å²) in [5, 5.41) is 0. The van der Waals surface area contributed by atoms with E-state index in [1.807, 2.05) is 0 Å². The van der Waals surface area contributed by atoms with Gasteiger partial charge in [0.25, 0.3) is 0 Å². The molecule has 0 aromatic heterocycles. The van der Waals surface area contributed by atoms with Crippen molar-refractivity contribution in [1.29, 1.82) is 0 Å². The van der Waals surface area contributed by atoms with Gasteiger partial charge >= 0.3 is 0 Å². The maximum absolute atomic E-state index is 6.61. The number of hydrogen-bond donors (Lipinski definition) is 1. The molecule has 0 heterocycles. The normalized spacial score (nSPS) is 17.7. The second-order valence-electron chi connectivity index (χ2n) is 6.11. The van der Waals surface area contributed by atoms with Gasteiger partial charge in [-0.3, -0.25) is 4.90 Å². The van der Waals surface area contributed by atoms with Gasteiger partial charge in [-0.05, 0) is 37.4 Å². The summed E-state index contributed by atoms with van der Waals surface area (Å²) in [6.45, 7) is 0. The lowest BCUT2D eigenvalue weighted by molar-refractivity contribution is 0.202. The van der Waals surface area contributed by atoms with E-state index in [1.54, 1.807) is 0 Å². The fourth-order valence-electron chi connectivity index (χ4n) is 3.14. The lowest BCUT2D eigenvalue weighted by Gasteiger charge is -2.33. The molecule has 2 aromatic carbocycles. The van der Waals surface area contributed by atoms with Crippen molar-refractivity contribution < 1.29 is 0 Å². The monoisotopic (exact) mass is 280 g/mol. The largest absolute Gasteiger partial charge is 0.326 e. The first-order valence-electron chi connectivity index (χ1n) is 7.82. The van der Waals surface area contributed by atoms with Crippen LogP contribution in [0.15, 0.2) is 60.7 Å². The van der Waals surface area contributed by atoms with Crippen LogP contribution in [-0.4, -0.2) is 24.0 Å². The van der Waals surface area contributed by atoms with Crippen LogP contribution in [0.25, 0.3) is 0 Å². The summed E-state index contributed by atoms with van der Waals surface area (Å²) in [4.78, 5) is 2.48. The molecule has 3 rings (SSSR count). The van der Waals surface area contributed by atoms with E-state index < -0.39 is 0 Å². The Morgan fingerprint density at radius 3 is 2.14 bits per heavy atom. The highest BCUT2D eigenvalue weighted by Gasteiger charge is 2.34. The van der Waals surface area contributed by atoms with E-state index in [4.69, 9.17) is 5.73 Å². The van der Waals surface area contributed by atoms with Gasteiger partial charge < -0.3 is 5.73 Å². The first-order chi connectivity index (χ1) is 10.3. The van der Waals surface area contributed by atoms with Crippen molar-refractivity contribution in [3.63, 3.8) is 0 Å². The van der Waals surface area contributed by atoms with E-state index in [1.165, 1.54) is 24.0 Å². The molecule has 2 unspecified atom stereocenters. The van der Waals surface area contributed by atoms with Crippen molar-refractivity contribution in [3.8, 4) is 0 Å². The molecule has 0 amide bonds. The Labute approximate surface area is 127 Å². The standard InChI is InChI=1S/C19H24N2/c1-21(17-12-13-17)19(16-10-6-3-7-11-16)18(20)14-15-8-4-2-5-9-15/h2-11,17-19H,12-14,20H2,1H3. The smallest absolute Gasteiger partial charge is 0.0502 e. The summed E-state index contributed by atoms with van der Waals surface area (Å²) in [5.74, 6) is 0. The summed E-state index contributed by atoms with van der Waals surface area (Å²) in [7, 11) is 2.22. The van der Waals surface area contributed by atoms with Crippen LogP contribution in [-0.2, 0) is 6.42 Å². The summed E-state index contributed by atoms with van der Waals surface area (Å²) in [6.07, 6.45) is 3.52. The van der Waals surface area contributed by atoms with E-state index in [0.29, 0.717) is 12.1 Å².